The number of hydrogen-bond donors (Lipinski definition) is 0. The van der Waals surface area contributed by atoms with E-state index in [2.05, 4.69) is 25.9 Å². The SMILES string of the molecule is O=C(c1cncc(Br)c1)N1Cc2cccnc2C1. The zero-order valence-electron chi connectivity index (χ0n) is 9.51. The van der Waals surface area contributed by atoms with Gasteiger partial charge in [0.2, 0.25) is 0 Å². The van der Waals surface area contributed by atoms with Crippen molar-refractivity contribution in [2.24, 2.45) is 0 Å². The van der Waals surface area contributed by atoms with E-state index in [0.717, 1.165) is 15.7 Å². The summed E-state index contributed by atoms with van der Waals surface area (Å²) in [5.41, 5.74) is 2.69. The van der Waals surface area contributed by atoms with Gasteiger partial charge in [-0.25, -0.2) is 0 Å². The van der Waals surface area contributed by atoms with Crippen molar-refractivity contribution in [3.8, 4) is 0 Å². The normalized spacial score (nSPS) is 13.5. The Bertz CT molecular complexity index is 590. The van der Waals surface area contributed by atoms with E-state index in [0.29, 0.717) is 18.7 Å². The highest BCUT2D eigenvalue weighted by molar-refractivity contribution is 9.10. The molecule has 0 radical (unpaired) electrons. The van der Waals surface area contributed by atoms with Crippen molar-refractivity contribution >= 4 is 21.8 Å². The van der Waals surface area contributed by atoms with Crippen molar-refractivity contribution in [3.63, 3.8) is 0 Å². The highest BCUT2D eigenvalue weighted by Gasteiger charge is 2.25. The smallest absolute Gasteiger partial charge is 0.256 e. The molecule has 0 aliphatic carbocycles. The molecule has 0 aromatic carbocycles. The third kappa shape index (κ3) is 2.01. The third-order valence-corrected chi connectivity index (χ3v) is 3.36. The summed E-state index contributed by atoms with van der Waals surface area (Å²) in [4.78, 5) is 22.4. The average Bonchev–Trinajstić information content (AvgIpc) is 2.81. The Labute approximate surface area is 113 Å². The minimum Gasteiger partial charge on any atom is -0.328 e. The topological polar surface area (TPSA) is 46.1 Å². The third-order valence-electron chi connectivity index (χ3n) is 2.93. The summed E-state index contributed by atoms with van der Waals surface area (Å²) >= 11 is 3.32. The second kappa shape index (κ2) is 4.49. The van der Waals surface area contributed by atoms with Gasteiger partial charge in [-0.05, 0) is 33.6 Å². The zero-order valence-corrected chi connectivity index (χ0v) is 11.1. The second-order valence-electron chi connectivity index (χ2n) is 4.16. The summed E-state index contributed by atoms with van der Waals surface area (Å²) in [5.74, 6) is -0.0122. The molecule has 18 heavy (non-hydrogen) atoms. The summed E-state index contributed by atoms with van der Waals surface area (Å²) in [6, 6.07) is 5.69. The molecular formula is C13H10BrN3O. The molecule has 1 aliphatic rings. The van der Waals surface area contributed by atoms with Crippen LogP contribution in [0.4, 0.5) is 0 Å². The Kier molecular flexibility index (Phi) is 2.83. The van der Waals surface area contributed by atoms with Crippen LogP contribution in [-0.4, -0.2) is 20.8 Å². The van der Waals surface area contributed by atoms with Gasteiger partial charge >= 0.3 is 0 Å². The molecule has 2 aromatic rings. The van der Waals surface area contributed by atoms with Crippen LogP contribution in [0.3, 0.4) is 0 Å². The first-order valence-corrected chi connectivity index (χ1v) is 6.36. The number of carbonyl (C=O) groups is 1. The lowest BCUT2D eigenvalue weighted by Crippen LogP contribution is -2.25. The fourth-order valence-corrected chi connectivity index (χ4v) is 2.42. The van der Waals surface area contributed by atoms with E-state index in [-0.39, 0.29) is 5.91 Å². The van der Waals surface area contributed by atoms with E-state index in [1.165, 1.54) is 0 Å². The van der Waals surface area contributed by atoms with Crippen molar-refractivity contribution in [1.82, 2.24) is 14.9 Å². The average molecular weight is 304 g/mol. The van der Waals surface area contributed by atoms with Crippen LogP contribution in [-0.2, 0) is 13.1 Å². The number of hydrogen-bond acceptors (Lipinski definition) is 3. The van der Waals surface area contributed by atoms with Crippen molar-refractivity contribution < 1.29 is 4.79 Å². The highest BCUT2D eigenvalue weighted by Crippen LogP contribution is 2.22. The van der Waals surface area contributed by atoms with E-state index in [9.17, 15) is 4.79 Å². The van der Waals surface area contributed by atoms with Gasteiger partial charge < -0.3 is 4.90 Å². The summed E-state index contributed by atoms with van der Waals surface area (Å²) in [7, 11) is 0. The number of rotatable bonds is 1. The van der Waals surface area contributed by atoms with Gasteiger partial charge in [0, 0.05) is 29.6 Å². The molecule has 3 heterocycles. The molecule has 1 aliphatic heterocycles. The van der Waals surface area contributed by atoms with Gasteiger partial charge in [-0.3, -0.25) is 14.8 Å². The van der Waals surface area contributed by atoms with E-state index >= 15 is 0 Å². The number of carbonyl (C=O) groups excluding carboxylic acids is 1. The zero-order chi connectivity index (χ0) is 12.5. The molecule has 0 spiro atoms. The largest absolute Gasteiger partial charge is 0.328 e. The maximum atomic E-state index is 12.3. The second-order valence-corrected chi connectivity index (χ2v) is 5.08. The van der Waals surface area contributed by atoms with Gasteiger partial charge in [0.1, 0.15) is 0 Å². The van der Waals surface area contributed by atoms with Crippen LogP contribution in [0, 0.1) is 0 Å². The highest BCUT2D eigenvalue weighted by atomic mass is 79.9. The molecule has 1 amide bonds. The molecule has 0 atom stereocenters. The first-order valence-electron chi connectivity index (χ1n) is 5.56. The Morgan fingerprint density at radius 2 is 2.22 bits per heavy atom. The minimum absolute atomic E-state index is 0.0122. The summed E-state index contributed by atoms with van der Waals surface area (Å²) < 4.78 is 0.809. The maximum Gasteiger partial charge on any atom is 0.256 e. The Morgan fingerprint density at radius 3 is 3.00 bits per heavy atom. The minimum atomic E-state index is -0.0122. The van der Waals surface area contributed by atoms with E-state index in [1.54, 1.807) is 29.6 Å². The van der Waals surface area contributed by atoms with Gasteiger partial charge in [0.25, 0.3) is 5.91 Å². The van der Waals surface area contributed by atoms with Crippen LogP contribution in [0.1, 0.15) is 21.6 Å². The van der Waals surface area contributed by atoms with Crippen LogP contribution in [0.2, 0.25) is 0 Å². The lowest BCUT2D eigenvalue weighted by Gasteiger charge is -2.14. The monoisotopic (exact) mass is 303 g/mol. The number of aromatic nitrogens is 2. The quantitative estimate of drug-likeness (QED) is 0.812. The molecule has 0 bridgehead atoms. The van der Waals surface area contributed by atoms with Crippen LogP contribution >= 0.6 is 15.9 Å². The lowest BCUT2D eigenvalue weighted by atomic mass is 10.2. The number of amides is 1. The molecule has 2 aromatic heterocycles. The van der Waals surface area contributed by atoms with Gasteiger partial charge in [-0.1, -0.05) is 6.07 Å². The lowest BCUT2D eigenvalue weighted by molar-refractivity contribution is 0.0750. The summed E-state index contributed by atoms with van der Waals surface area (Å²) in [6.45, 7) is 1.19. The van der Waals surface area contributed by atoms with Crippen molar-refractivity contribution in [2.75, 3.05) is 0 Å². The Morgan fingerprint density at radius 1 is 1.33 bits per heavy atom. The fourth-order valence-electron chi connectivity index (χ4n) is 2.05. The van der Waals surface area contributed by atoms with Gasteiger partial charge in [-0.2, -0.15) is 0 Å². The van der Waals surface area contributed by atoms with Gasteiger partial charge in [0.05, 0.1) is 17.8 Å². The van der Waals surface area contributed by atoms with Crippen molar-refractivity contribution in [1.29, 1.82) is 0 Å². The summed E-state index contributed by atoms with van der Waals surface area (Å²) in [6.07, 6.45) is 5.01. The molecule has 0 saturated carbocycles. The molecular weight excluding hydrogens is 294 g/mol. The first-order chi connectivity index (χ1) is 8.74. The number of halogens is 1. The predicted octanol–water partition coefficient (Wildman–Crippen LogP) is 2.40. The molecule has 4 nitrogen and oxygen atoms in total. The Balaban J connectivity index is 1.84. The number of fused-ring (bicyclic) bond motifs is 1. The van der Waals surface area contributed by atoms with Crippen molar-refractivity contribution in [3.05, 3.63) is 58.1 Å². The summed E-state index contributed by atoms with van der Waals surface area (Å²) in [5, 5.41) is 0. The molecule has 0 unspecified atom stereocenters. The predicted molar refractivity (Wildman–Crippen MR) is 69.8 cm³/mol. The first kappa shape index (κ1) is 11.3. The van der Waals surface area contributed by atoms with Crippen LogP contribution < -0.4 is 0 Å². The fraction of sp³-hybridized carbons (Fsp3) is 0.154. The van der Waals surface area contributed by atoms with Gasteiger partial charge in [0.15, 0.2) is 0 Å². The van der Waals surface area contributed by atoms with Crippen LogP contribution in [0.25, 0.3) is 0 Å². The Hall–Kier alpha value is -1.75. The maximum absolute atomic E-state index is 12.3. The van der Waals surface area contributed by atoms with E-state index in [1.807, 2.05) is 12.1 Å². The number of nitrogens with zero attached hydrogens (tertiary/aromatic N) is 3. The van der Waals surface area contributed by atoms with Crippen LogP contribution in [0.15, 0.2) is 41.3 Å². The van der Waals surface area contributed by atoms with E-state index in [4.69, 9.17) is 0 Å². The molecule has 0 N–H and O–H groups in total. The molecule has 5 heteroatoms. The van der Waals surface area contributed by atoms with E-state index < -0.39 is 0 Å². The van der Waals surface area contributed by atoms with Crippen molar-refractivity contribution in [2.45, 2.75) is 13.1 Å². The molecule has 0 saturated heterocycles. The van der Waals surface area contributed by atoms with Crippen LogP contribution in [0.5, 0.6) is 0 Å². The molecule has 3 rings (SSSR count). The molecule has 0 fully saturated rings. The van der Waals surface area contributed by atoms with Gasteiger partial charge in [-0.15, -0.1) is 0 Å². The standard InChI is InChI=1S/C13H10BrN3O/c14-11-4-10(5-15-6-11)13(18)17-7-9-2-1-3-16-12(9)8-17/h1-6H,7-8H2. The molecule has 90 valence electrons. The number of pyridine rings is 2.